The normalized spacial score (nSPS) is 12.2. The lowest BCUT2D eigenvalue weighted by Gasteiger charge is -2.22. The minimum Gasteiger partial charge on any atom is -0.355 e. The van der Waals surface area contributed by atoms with Gasteiger partial charge < -0.3 is 5.32 Å². The predicted octanol–water partition coefficient (Wildman–Crippen LogP) is 4.88. The highest BCUT2D eigenvalue weighted by Gasteiger charge is 2.59. The molecule has 105 valence electrons. The molecule has 0 saturated carbocycles. The molecule has 0 bridgehead atoms. The van der Waals surface area contributed by atoms with Crippen LogP contribution in [0.25, 0.3) is 0 Å². The fraction of sp³-hybridized carbons (Fsp3) is 0.143. The Hall–Kier alpha value is -2.11. The van der Waals surface area contributed by atoms with E-state index in [1.165, 1.54) is 36.4 Å². The van der Waals surface area contributed by atoms with E-state index in [9.17, 15) is 22.0 Å². The van der Waals surface area contributed by atoms with E-state index in [-0.39, 0.29) is 5.69 Å². The van der Waals surface area contributed by atoms with Gasteiger partial charge in [-0.2, -0.15) is 22.0 Å². The Kier molecular flexibility index (Phi) is 3.65. The Balaban J connectivity index is 2.42. The SMILES string of the molecule is FC(F)(F)C(F)(F)c1ccccc1Nc1cc[c]cc1. The van der Waals surface area contributed by atoms with Crippen LogP contribution in [0.5, 0.6) is 0 Å². The lowest BCUT2D eigenvalue weighted by Crippen LogP contribution is -2.34. The van der Waals surface area contributed by atoms with Crippen LogP contribution in [0, 0.1) is 6.07 Å². The van der Waals surface area contributed by atoms with Gasteiger partial charge in [0, 0.05) is 11.4 Å². The molecule has 0 aliphatic heterocycles. The molecule has 0 aliphatic carbocycles. The maximum atomic E-state index is 13.5. The second-order valence-electron chi connectivity index (χ2n) is 4.03. The van der Waals surface area contributed by atoms with E-state index in [4.69, 9.17) is 0 Å². The molecule has 0 aromatic heterocycles. The molecule has 20 heavy (non-hydrogen) atoms. The lowest BCUT2D eigenvalue weighted by atomic mass is 10.1. The van der Waals surface area contributed by atoms with Crippen LogP contribution in [0.4, 0.5) is 33.3 Å². The van der Waals surface area contributed by atoms with Crippen molar-refractivity contribution in [2.75, 3.05) is 5.32 Å². The second-order valence-corrected chi connectivity index (χ2v) is 4.03. The van der Waals surface area contributed by atoms with Crippen molar-refractivity contribution in [2.45, 2.75) is 12.1 Å². The van der Waals surface area contributed by atoms with Crippen molar-refractivity contribution in [1.82, 2.24) is 0 Å². The summed E-state index contributed by atoms with van der Waals surface area (Å²) in [6, 6.07) is 13.2. The van der Waals surface area contributed by atoms with Crippen molar-refractivity contribution in [3.05, 3.63) is 60.2 Å². The van der Waals surface area contributed by atoms with Gasteiger partial charge in [-0.05, 0) is 24.3 Å². The fourth-order valence-electron chi connectivity index (χ4n) is 1.64. The first kappa shape index (κ1) is 14.3. The van der Waals surface area contributed by atoms with E-state index in [2.05, 4.69) is 11.4 Å². The van der Waals surface area contributed by atoms with E-state index in [0.29, 0.717) is 5.69 Å². The van der Waals surface area contributed by atoms with Crippen LogP contribution < -0.4 is 5.32 Å². The summed E-state index contributed by atoms with van der Waals surface area (Å²) in [5.74, 6) is -4.92. The standard InChI is InChI=1S/C14H9F5N/c15-13(16,14(17,18)19)11-8-4-5-9-12(11)20-10-6-2-1-3-7-10/h2-9,20H. The molecule has 1 N–H and O–H groups in total. The maximum absolute atomic E-state index is 13.5. The first-order valence-corrected chi connectivity index (χ1v) is 5.59. The average Bonchev–Trinajstić information content (AvgIpc) is 2.39. The number of benzene rings is 2. The lowest BCUT2D eigenvalue weighted by molar-refractivity contribution is -0.289. The zero-order valence-electron chi connectivity index (χ0n) is 10.0. The van der Waals surface area contributed by atoms with Crippen LogP contribution in [0.2, 0.25) is 0 Å². The first-order valence-electron chi connectivity index (χ1n) is 5.59. The van der Waals surface area contributed by atoms with E-state index in [1.807, 2.05) is 0 Å². The number of rotatable bonds is 3. The van der Waals surface area contributed by atoms with E-state index >= 15 is 0 Å². The van der Waals surface area contributed by atoms with Gasteiger partial charge in [0.1, 0.15) is 0 Å². The Morgan fingerprint density at radius 1 is 0.850 bits per heavy atom. The van der Waals surface area contributed by atoms with Gasteiger partial charge in [0.15, 0.2) is 0 Å². The summed E-state index contributed by atoms with van der Waals surface area (Å²) in [7, 11) is 0. The first-order chi connectivity index (χ1) is 9.32. The summed E-state index contributed by atoms with van der Waals surface area (Å²) in [5.41, 5.74) is -1.00. The number of para-hydroxylation sites is 1. The van der Waals surface area contributed by atoms with Gasteiger partial charge in [0.2, 0.25) is 0 Å². The fourth-order valence-corrected chi connectivity index (χ4v) is 1.64. The summed E-state index contributed by atoms with van der Waals surface area (Å²) in [5, 5.41) is 2.55. The van der Waals surface area contributed by atoms with Crippen LogP contribution in [0.3, 0.4) is 0 Å². The number of nitrogens with one attached hydrogen (secondary N) is 1. The van der Waals surface area contributed by atoms with Crippen LogP contribution in [-0.4, -0.2) is 6.18 Å². The van der Waals surface area contributed by atoms with Gasteiger partial charge in [-0.1, -0.05) is 30.3 Å². The van der Waals surface area contributed by atoms with Crippen molar-refractivity contribution in [2.24, 2.45) is 0 Å². The Morgan fingerprint density at radius 2 is 1.45 bits per heavy atom. The highest BCUT2D eigenvalue weighted by molar-refractivity contribution is 5.64. The molecule has 0 fully saturated rings. The van der Waals surface area contributed by atoms with Gasteiger partial charge in [-0.15, -0.1) is 0 Å². The molecule has 0 unspecified atom stereocenters. The maximum Gasteiger partial charge on any atom is 0.458 e. The molecule has 0 aliphatic rings. The minimum atomic E-state index is -5.64. The molecular weight excluding hydrogens is 277 g/mol. The number of alkyl halides is 5. The Morgan fingerprint density at radius 3 is 2.05 bits per heavy atom. The van der Waals surface area contributed by atoms with Crippen LogP contribution in [0.15, 0.2) is 48.5 Å². The van der Waals surface area contributed by atoms with Gasteiger partial charge in [0.25, 0.3) is 0 Å². The smallest absolute Gasteiger partial charge is 0.355 e. The van der Waals surface area contributed by atoms with Crippen molar-refractivity contribution in [3.8, 4) is 0 Å². The molecule has 0 atom stereocenters. The third-order valence-electron chi connectivity index (χ3n) is 2.62. The van der Waals surface area contributed by atoms with E-state index in [1.54, 1.807) is 0 Å². The Labute approximate surface area is 112 Å². The van der Waals surface area contributed by atoms with E-state index < -0.39 is 17.7 Å². The van der Waals surface area contributed by atoms with E-state index in [0.717, 1.165) is 12.1 Å². The molecular formula is C14H9F5N. The predicted molar refractivity (Wildman–Crippen MR) is 65.0 cm³/mol. The van der Waals surface area contributed by atoms with Crippen LogP contribution in [-0.2, 0) is 5.92 Å². The van der Waals surface area contributed by atoms with Crippen molar-refractivity contribution < 1.29 is 22.0 Å². The molecule has 1 nitrogen and oxygen atoms in total. The van der Waals surface area contributed by atoms with Gasteiger partial charge in [-0.3, -0.25) is 0 Å². The van der Waals surface area contributed by atoms with Crippen molar-refractivity contribution in [3.63, 3.8) is 0 Å². The molecule has 6 heteroatoms. The number of halogens is 5. The highest BCUT2D eigenvalue weighted by Crippen LogP contribution is 2.46. The van der Waals surface area contributed by atoms with Gasteiger partial charge >= 0.3 is 12.1 Å². The summed E-state index contributed by atoms with van der Waals surface area (Å²) in [6.07, 6.45) is -5.64. The molecule has 2 aromatic carbocycles. The summed E-state index contributed by atoms with van der Waals surface area (Å²) in [4.78, 5) is 0. The van der Waals surface area contributed by atoms with Crippen LogP contribution in [0.1, 0.15) is 5.56 Å². The zero-order valence-corrected chi connectivity index (χ0v) is 10.0. The molecule has 2 rings (SSSR count). The molecule has 0 amide bonds. The van der Waals surface area contributed by atoms with Gasteiger partial charge in [-0.25, -0.2) is 0 Å². The number of hydrogen-bond donors (Lipinski definition) is 1. The highest BCUT2D eigenvalue weighted by atomic mass is 19.4. The molecule has 0 spiro atoms. The molecule has 0 saturated heterocycles. The largest absolute Gasteiger partial charge is 0.458 e. The number of hydrogen-bond acceptors (Lipinski definition) is 1. The monoisotopic (exact) mass is 286 g/mol. The zero-order chi connectivity index (χ0) is 14.8. The molecule has 1 radical (unpaired) electrons. The summed E-state index contributed by atoms with van der Waals surface area (Å²) >= 11 is 0. The van der Waals surface area contributed by atoms with Crippen molar-refractivity contribution in [1.29, 1.82) is 0 Å². The average molecular weight is 286 g/mol. The molecule has 2 aromatic rings. The molecule has 0 heterocycles. The van der Waals surface area contributed by atoms with Crippen molar-refractivity contribution >= 4 is 11.4 Å². The third kappa shape index (κ3) is 2.74. The quantitative estimate of drug-likeness (QED) is 0.792. The number of anilines is 2. The van der Waals surface area contributed by atoms with Gasteiger partial charge in [0.05, 0.1) is 5.56 Å². The summed E-state index contributed by atoms with van der Waals surface area (Å²) in [6.45, 7) is 0. The third-order valence-corrected chi connectivity index (χ3v) is 2.62. The second kappa shape index (κ2) is 5.11. The van der Waals surface area contributed by atoms with Crippen LogP contribution >= 0.6 is 0 Å². The Bertz CT molecular complexity index is 578. The summed E-state index contributed by atoms with van der Waals surface area (Å²) < 4.78 is 64.3. The minimum absolute atomic E-state index is 0.291. The topological polar surface area (TPSA) is 12.0 Å².